The molecule has 13 heavy (non-hydrogen) atoms. The van der Waals surface area contributed by atoms with Gasteiger partial charge in [-0.15, -0.1) is 0 Å². The maximum absolute atomic E-state index is 11.7. The summed E-state index contributed by atoms with van der Waals surface area (Å²) >= 11 is 4.92. The Labute approximate surface area is 82.0 Å². The molecule has 72 valence electrons. The Balaban J connectivity index is 2.26. The summed E-state index contributed by atoms with van der Waals surface area (Å²) in [5, 5.41) is 6.14. The van der Waals surface area contributed by atoms with Crippen LogP contribution in [0.25, 0.3) is 0 Å². The van der Waals surface area contributed by atoms with E-state index in [2.05, 4.69) is 10.6 Å². The summed E-state index contributed by atoms with van der Waals surface area (Å²) in [7, 11) is 0. The number of thiocarbonyl (C=S) groups is 1. The molecule has 5 heteroatoms. The lowest BCUT2D eigenvalue weighted by Gasteiger charge is -2.36. The number of carbonyl (C=O) groups is 1. The molecule has 2 aliphatic heterocycles. The summed E-state index contributed by atoms with van der Waals surface area (Å²) in [4.78, 5) is 11.7. The molecule has 0 saturated carbocycles. The van der Waals surface area contributed by atoms with Crippen molar-refractivity contribution >= 4 is 23.2 Å². The molecular formula is C8H12N2O2S. The van der Waals surface area contributed by atoms with Crippen molar-refractivity contribution in [3.05, 3.63) is 0 Å². The molecule has 0 radical (unpaired) electrons. The van der Waals surface area contributed by atoms with Crippen molar-refractivity contribution in [3.8, 4) is 0 Å². The molecule has 2 fully saturated rings. The minimum absolute atomic E-state index is 0.00620. The second-order valence-corrected chi connectivity index (χ2v) is 4.01. The van der Waals surface area contributed by atoms with Gasteiger partial charge in [-0.2, -0.15) is 0 Å². The average molecular weight is 200 g/mol. The van der Waals surface area contributed by atoms with Crippen LogP contribution in [-0.2, 0) is 9.53 Å². The van der Waals surface area contributed by atoms with Crippen LogP contribution in [0.2, 0.25) is 0 Å². The minimum atomic E-state index is -0.505. The van der Waals surface area contributed by atoms with Crippen LogP contribution < -0.4 is 10.6 Å². The normalized spacial score (nSPS) is 39.0. The second kappa shape index (κ2) is 2.92. The summed E-state index contributed by atoms with van der Waals surface area (Å²) in [6.45, 7) is 3.23. The molecule has 2 unspecified atom stereocenters. The molecule has 0 aromatic rings. The SMILES string of the molecule is CC1COCCC12NC(=S)NC2=O. The van der Waals surface area contributed by atoms with Crippen LogP contribution in [0, 0.1) is 5.92 Å². The fourth-order valence-corrected chi connectivity index (χ4v) is 2.19. The smallest absolute Gasteiger partial charge is 0.252 e. The van der Waals surface area contributed by atoms with Crippen molar-refractivity contribution in [2.75, 3.05) is 13.2 Å². The van der Waals surface area contributed by atoms with Gasteiger partial charge in [-0.1, -0.05) is 6.92 Å². The third kappa shape index (κ3) is 1.23. The first-order valence-electron chi connectivity index (χ1n) is 4.36. The standard InChI is InChI=1S/C8H12N2O2S/c1-5-4-12-3-2-8(5)6(11)9-7(13)10-8/h5H,2-4H2,1H3,(H2,9,10,11,13). The van der Waals surface area contributed by atoms with E-state index in [4.69, 9.17) is 17.0 Å². The van der Waals surface area contributed by atoms with E-state index in [-0.39, 0.29) is 11.8 Å². The zero-order valence-corrected chi connectivity index (χ0v) is 8.24. The summed E-state index contributed by atoms with van der Waals surface area (Å²) in [6.07, 6.45) is 0.695. The Morgan fingerprint density at radius 1 is 1.69 bits per heavy atom. The average Bonchev–Trinajstić information content (AvgIpc) is 2.35. The molecular weight excluding hydrogens is 188 g/mol. The van der Waals surface area contributed by atoms with Crippen LogP contribution in [0.5, 0.6) is 0 Å². The van der Waals surface area contributed by atoms with E-state index in [9.17, 15) is 4.79 Å². The topological polar surface area (TPSA) is 50.4 Å². The highest BCUT2D eigenvalue weighted by atomic mass is 32.1. The Bertz CT molecular complexity index is 269. The summed E-state index contributed by atoms with van der Waals surface area (Å²) < 4.78 is 5.29. The van der Waals surface area contributed by atoms with Crippen LogP contribution in [0.15, 0.2) is 0 Å². The third-order valence-corrected chi connectivity index (χ3v) is 3.02. The van der Waals surface area contributed by atoms with Crippen LogP contribution >= 0.6 is 12.2 Å². The number of nitrogens with one attached hydrogen (secondary N) is 2. The molecule has 2 atom stereocenters. The molecule has 0 aromatic heterocycles. The van der Waals surface area contributed by atoms with Gasteiger partial charge in [0.15, 0.2) is 5.11 Å². The van der Waals surface area contributed by atoms with Gasteiger partial charge in [0.2, 0.25) is 0 Å². The zero-order chi connectivity index (χ0) is 9.47. The lowest BCUT2D eigenvalue weighted by molar-refractivity contribution is -0.130. The highest BCUT2D eigenvalue weighted by Gasteiger charge is 2.50. The number of ether oxygens (including phenoxy) is 1. The first-order chi connectivity index (χ1) is 6.15. The quantitative estimate of drug-likeness (QED) is 0.531. The van der Waals surface area contributed by atoms with Crippen molar-refractivity contribution in [1.82, 2.24) is 10.6 Å². The first kappa shape index (κ1) is 8.90. The number of hydrogen-bond donors (Lipinski definition) is 2. The molecule has 1 amide bonds. The van der Waals surface area contributed by atoms with Crippen molar-refractivity contribution in [3.63, 3.8) is 0 Å². The van der Waals surface area contributed by atoms with E-state index in [1.165, 1.54) is 0 Å². The van der Waals surface area contributed by atoms with Gasteiger partial charge in [0.05, 0.1) is 6.61 Å². The first-order valence-corrected chi connectivity index (χ1v) is 4.77. The summed E-state index contributed by atoms with van der Waals surface area (Å²) in [5.74, 6) is 0.162. The maximum Gasteiger partial charge on any atom is 0.252 e. The van der Waals surface area contributed by atoms with E-state index in [1.807, 2.05) is 6.92 Å². The molecule has 2 aliphatic rings. The monoisotopic (exact) mass is 200 g/mol. The number of rotatable bonds is 0. The van der Waals surface area contributed by atoms with Crippen LogP contribution in [0.1, 0.15) is 13.3 Å². The van der Waals surface area contributed by atoms with Gasteiger partial charge in [-0.25, -0.2) is 0 Å². The Hall–Kier alpha value is -0.680. The molecule has 0 bridgehead atoms. The van der Waals surface area contributed by atoms with E-state index >= 15 is 0 Å². The number of hydrogen-bond acceptors (Lipinski definition) is 3. The van der Waals surface area contributed by atoms with E-state index in [1.54, 1.807) is 0 Å². The third-order valence-electron chi connectivity index (χ3n) is 2.82. The molecule has 2 saturated heterocycles. The Kier molecular flexibility index (Phi) is 2.00. The molecule has 0 aliphatic carbocycles. The van der Waals surface area contributed by atoms with Gasteiger partial charge < -0.3 is 15.4 Å². The van der Waals surface area contributed by atoms with Crippen LogP contribution in [0.4, 0.5) is 0 Å². The zero-order valence-electron chi connectivity index (χ0n) is 7.42. The van der Waals surface area contributed by atoms with Crippen LogP contribution in [-0.4, -0.2) is 29.8 Å². The lowest BCUT2D eigenvalue weighted by atomic mass is 9.81. The van der Waals surface area contributed by atoms with Gasteiger partial charge in [-0.05, 0) is 12.2 Å². The minimum Gasteiger partial charge on any atom is -0.381 e. The molecule has 2 heterocycles. The van der Waals surface area contributed by atoms with Gasteiger partial charge >= 0.3 is 0 Å². The van der Waals surface area contributed by atoms with Crippen LogP contribution in [0.3, 0.4) is 0 Å². The molecule has 2 rings (SSSR count). The fraction of sp³-hybridized carbons (Fsp3) is 0.750. The van der Waals surface area contributed by atoms with Gasteiger partial charge in [0, 0.05) is 18.9 Å². The molecule has 1 spiro atoms. The highest BCUT2D eigenvalue weighted by molar-refractivity contribution is 7.80. The fourth-order valence-electron chi connectivity index (χ4n) is 1.91. The van der Waals surface area contributed by atoms with Crippen molar-refractivity contribution < 1.29 is 9.53 Å². The van der Waals surface area contributed by atoms with Crippen molar-refractivity contribution in [2.24, 2.45) is 5.92 Å². The van der Waals surface area contributed by atoms with Gasteiger partial charge in [0.1, 0.15) is 5.54 Å². The Morgan fingerprint density at radius 3 is 3.00 bits per heavy atom. The van der Waals surface area contributed by atoms with Gasteiger partial charge in [-0.3, -0.25) is 4.79 Å². The maximum atomic E-state index is 11.7. The number of amides is 1. The lowest BCUT2D eigenvalue weighted by Crippen LogP contribution is -2.56. The summed E-state index contributed by atoms with van der Waals surface area (Å²) in [5.41, 5.74) is -0.505. The van der Waals surface area contributed by atoms with E-state index in [0.29, 0.717) is 24.7 Å². The molecule has 0 aromatic carbocycles. The van der Waals surface area contributed by atoms with Gasteiger partial charge in [0.25, 0.3) is 5.91 Å². The summed E-state index contributed by atoms with van der Waals surface area (Å²) in [6, 6.07) is 0. The largest absolute Gasteiger partial charge is 0.381 e. The predicted octanol–water partition coefficient (Wildman–Crippen LogP) is -0.214. The Morgan fingerprint density at radius 2 is 2.46 bits per heavy atom. The number of carbonyl (C=O) groups excluding carboxylic acids is 1. The molecule has 4 nitrogen and oxygen atoms in total. The van der Waals surface area contributed by atoms with Crippen molar-refractivity contribution in [1.29, 1.82) is 0 Å². The van der Waals surface area contributed by atoms with Crippen molar-refractivity contribution in [2.45, 2.75) is 18.9 Å². The van der Waals surface area contributed by atoms with E-state index in [0.717, 1.165) is 0 Å². The second-order valence-electron chi connectivity index (χ2n) is 3.61. The molecule has 2 N–H and O–H groups in total. The highest BCUT2D eigenvalue weighted by Crippen LogP contribution is 2.29. The van der Waals surface area contributed by atoms with E-state index < -0.39 is 5.54 Å². The predicted molar refractivity (Wildman–Crippen MR) is 51.2 cm³/mol.